The number of hydrogen-bond acceptors (Lipinski definition) is 5. The number of anilines is 1. The fraction of sp³-hybridized carbons (Fsp3) is 0.133. The van der Waals surface area contributed by atoms with Crippen molar-refractivity contribution in [3.05, 3.63) is 102 Å². The highest BCUT2D eigenvalue weighted by atomic mass is 16.5. The zero-order valence-corrected chi connectivity index (χ0v) is 20.4. The average molecular weight is 479 g/mol. The van der Waals surface area contributed by atoms with Crippen molar-refractivity contribution in [2.75, 3.05) is 26.2 Å². The van der Waals surface area contributed by atoms with Crippen LogP contribution in [0.15, 0.2) is 91.1 Å². The van der Waals surface area contributed by atoms with E-state index in [1.807, 2.05) is 48.5 Å². The molecule has 0 saturated heterocycles. The minimum absolute atomic E-state index is 0.209. The van der Waals surface area contributed by atoms with Crippen molar-refractivity contribution in [3.63, 3.8) is 0 Å². The van der Waals surface area contributed by atoms with E-state index >= 15 is 0 Å². The normalized spacial score (nSPS) is 10.9. The maximum absolute atomic E-state index is 14.0. The second kappa shape index (κ2) is 9.96. The summed E-state index contributed by atoms with van der Waals surface area (Å²) in [6.45, 7) is 0.361. The van der Waals surface area contributed by atoms with Crippen LogP contribution in [-0.4, -0.2) is 32.2 Å². The highest BCUT2D eigenvalue weighted by Crippen LogP contribution is 2.39. The number of hydrogen-bond donors (Lipinski definition) is 0. The summed E-state index contributed by atoms with van der Waals surface area (Å²) >= 11 is 0. The molecule has 0 bridgehead atoms. The zero-order valence-electron chi connectivity index (χ0n) is 20.4. The molecule has 0 N–H and O–H groups in total. The molecule has 4 aromatic carbocycles. The molecule has 0 radical (unpaired) electrons. The summed E-state index contributed by atoms with van der Waals surface area (Å²) in [6, 6.07) is 27.6. The third kappa shape index (κ3) is 4.41. The van der Waals surface area contributed by atoms with Crippen molar-refractivity contribution in [2.24, 2.45) is 0 Å². The van der Waals surface area contributed by atoms with Crippen LogP contribution in [0.5, 0.6) is 17.2 Å². The molecule has 1 heterocycles. The molecule has 0 aliphatic carbocycles. The number of aromatic nitrogens is 1. The van der Waals surface area contributed by atoms with Crippen molar-refractivity contribution in [3.8, 4) is 17.2 Å². The first-order valence-corrected chi connectivity index (χ1v) is 11.6. The summed E-state index contributed by atoms with van der Waals surface area (Å²) in [4.78, 5) is 20.4. The van der Waals surface area contributed by atoms with E-state index in [1.165, 1.54) is 21.3 Å². The molecule has 0 unspecified atom stereocenters. The van der Waals surface area contributed by atoms with E-state index in [2.05, 4.69) is 29.2 Å². The summed E-state index contributed by atoms with van der Waals surface area (Å²) in [6.07, 6.45) is 1.74. The molecule has 6 nitrogen and oxygen atoms in total. The van der Waals surface area contributed by atoms with Crippen LogP contribution in [0.25, 0.3) is 21.7 Å². The van der Waals surface area contributed by atoms with E-state index in [9.17, 15) is 4.79 Å². The molecule has 0 aliphatic heterocycles. The summed E-state index contributed by atoms with van der Waals surface area (Å²) in [7, 11) is 4.60. The maximum Gasteiger partial charge on any atom is 0.258 e. The molecule has 0 fully saturated rings. The third-order valence-electron chi connectivity index (χ3n) is 6.20. The fourth-order valence-electron chi connectivity index (χ4n) is 4.37. The molecule has 1 amide bonds. The molecule has 5 rings (SSSR count). The van der Waals surface area contributed by atoms with E-state index in [1.54, 1.807) is 23.2 Å². The van der Waals surface area contributed by atoms with E-state index in [0.29, 0.717) is 35.0 Å². The number of amides is 1. The van der Waals surface area contributed by atoms with Gasteiger partial charge in [-0.3, -0.25) is 9.78 Å². The van der Waals surface area contributed by atoms with E-state index in [-0.39, 0.29) is 5.91 Å². The fourth-order valence-corrected chi connectivity index (χ4v) is 4.37. The number of methoxy groups -OCH3 is 3. The van der Waals surface area contributed by atoms with E-state index in [0.717, 1.165) is 27.2 Å². The van der Waals surface area contributed by atoms with Gasteiger partial charge in [0.1, 0.15) is 0 Å². The van der Waals surface area contributed by atoms with Gasteiger partial charge >= 0.3 is 0 Å². The van der Waals surface area contributed by atoms with Gasteiger partial charge in [0, 0.05) is 10.9 Å². The lowest BCUT2D eigenvalue weighted by atomic mass is 10.1. The van der Waals surface area contributed by atoms with Gasteiger partial charge in [-0.05, 0) is 46.7 Å². The minimum Gasteiger partial charge on any atom is -0.493 e. The molecular weight excluding hydrogens is 452 g/mol. The second-order valence-electron chi connectivity index (χ2n) is 8.37. The highest BCUT2D eigenvalue weighted by Gasteiger charge is 2.23. The molecular formula is C30H26N2O4. The molecule has 1 aromatic heterocycles. The van der Waals surface area contributed by atoms with Crippen LogP contribution in [0.3, 0.4) is 0 Å². The number of carbonyl (C=O) groups excluding carboxylic acids is 1. The topological polar surface area (TPSA) is 60.9 Å². The number of fused-ring (bicyclic) bond motifs is 2. The molecule has 0 atom stereocenters. The van der Waals surface area contributed by atoms with Gasteiger partial charge in [0.15, 0.2) is 11.5 Å². The van der Waals surface area contributed by atoms with Crippen molar-refractivity contribution in [2.45, 2.75) is 6.54 Å². The Balaban J connectivity index is 1.61. The van der Waals surface area contributed by atoms with E-state index in [4.69, 9.17) is 14.2 Å². The van der Waals surface area contributed by atoms with Gasteiger partial charge in [0.2, 0.25) is 5.75 Å². The first kappa shape index (κ1) is 23.2. The lowest BCUT2D eigenvalue weighted by Gasteiger charge is -2.24. The third-order valence-corrected chi connectivity index (χ3v) is 6.20. The Kier molecular flexibility index (Phi) is 6.41. The summed E-state index contributed by atoms with van der Waals surface area (Å²) in [5.74, 6) is 1.06. The zero-order chi connectivity index (χ0) is 25.1. The van der Waals surface area contributed by atoms with Crippen molar-refractivity contribution in [1.82, 2.24) is 4.98 Å². The van der Waals surface area contributed by atoms with Gasteiger partial charge in [0.05, 0.1) is 45.3 Å². The molecule has 0 saturated carbocycles. The molecule has 36 heavy (non-hydrogen) atoms. The number of benzene rings is 4. The van der Waals surface area contributed by atoms with Crippen LogP contribution in [0.1, 0.15) is 15.9 Å². The van der Waals surface area contributed by atoms with Gasteiger partial charge in [-0.1, -0.05) is 54.6 Å². The molecule has 0 aliphatic rings. The van der Waals surface area contributed by atoms with Gasteiger partial charge in [0.25, 0.3) is 5.91 Å². The number of para-hydroxylation sites is 1. The van der Waals surface area contributed by atoms with Crippen LogP contribution < -0.4 is 19.1 Å². The Morgan fingerprint density at radius 2 is 1.42 bits per heavy atom. The highest BCUT2D eigenvalue weighted by molar-refractivity contribution is 6.07. The SMILES string of the molecule is COc1cc(C(=O)N(Cc2ccc3ccccc3c2)c2cnc3ccccc3c2)cc(OC)c1OC. The van der Waals surface area contributed by atoms with Crippen LogP contribution in [0.2, 0.25) is 0 Å². The number of rotatable bonds is 7. The van der Waals surface area contributed by atoms with Gasteiger partial charge in [-0.25, -0.2) is 0 Å². The number of ether oxygens (including phenoxy) is 3. The lowest BCUT2D eigenvalue weighted by Crippen LogP contribution is -2.30. The number of pyridine rings is 1. The van der Waals surface area contributed by atoms with Crippen molar-refractivity contribution >= 4 is 33.3 Å². The maximum atomic E-state index is 14.0. The van der Waals surface area contributed by atoms with Crippen molar-refractivity contribution in [1.29, 1.82) is 0 Å². The Labute approximate surface area is 209 Å². The quantitative estimate of drug-likeness (QED) is 0.276. The van der Waals surface area contributed by atoms with Crippen LogP contribution >= 0.6 is 0 Å². The summed E-state index contributed by atoms with van der Waals surface area (Å²) in [5, 5.41) is 3.22. The van der Waals surface area contributed by atoms with Crippen LogP contribution in [0, 0.1) is 0 Å². The summed E-state index contributed by atoms with van der Waals surface area (Å²) in [5.41, 5.74) is 2.98. The lowest BCUT2D eigenvalue weighted by molar-refractivity contribution is 0.0984. The number of nitrogens with zero attached hydrogens (tertiary/aromatic N) is 2. The minimum atomic E-state index is -0.209. The van der Waals surface area contributed by atoms with Crippen LogP contribution in [-0.2, 0) is 6.54 Å². The first-order valence-electron chi connectivity index (χ1n) is 11.6. The molecule has 0 spiro atoms. The van der Waals surface area contributed by atoms with E-state index < -0.39 is 0 Å². The van der Waals surface area contributed by atoms with Gasteiger partial charge in [-0.2, -0.15) is 0 Å². The van der Waals surface area contributed by atoms with Crippen LogP contribution in [0.4, 0.5) is 5.69 Å². The van der Waals surface area contributed by atoms with Crippen molar-refractivity contribution < 1.29 is 19.0 Å². The molecule has 6 heteroatoms. The number of carbonyl (C=O) groups is 1. The molecule has 180 valence electrons. The summed E-state index contributed by atoms with van der Waals surface area (Å²) < 4.78 is 16.4. The monoisotopic (exact) mass is 478 g/mol. The predicted molar refractivity (Wildman–Crippen MR) is 142 cm³/mol. The molecule has 5 aromatic rings. The standard InChI is InChI=1S/C30H26N2O4/c1-34-27-16-24(17-28(35-2)29(27)36-3)30(33)32(25-15-23-10-6-7-11-26(23)31-18-25)19-20-12-13-21-8-4-5-9-22(21)14-20/h4-18H,19H2,1-3H3. The predicted octanol–water partition coefficient (Wildman–Crippen LogP) is 6.26. The largest absolute Gasteiger partial charge is 0.493 e. The first-order chi connectivity index (χ1) is 17.6. The Morgan fingerprint density at radius 3 is 2.11 bits per heavy atom. The van der Waals surface area contributed by atoms with Gasteiger partial charge in [-0.15, -0.1) is 0 Å². The Morgan fingerprint density at radius 1 is 0.750 bits per heavy atom. The Hall–Kier alpha value is -4.58. The smallest absolute Gasteiger partial charge is 0.258 e. The van der Waals surface area contributed by atoms with Gasteiger partial charge < -0.3 is 19.1 Å². The Bertz CT molecular complexity index is 1540. The average Bonchev–Trinajstić information content (AvgIpc) is 2.94. The second-order valence-corrected chi connectivity index (χ2v) is 8.37.